The van der Waals surface area contributed by atoms with Gasteiger partial charge in [0.2, 0.25) is 11.9 Å². The summed E-state index contributed by atoms with van der Waals surface area (Å²) in [7, 11) is 0. The number of amides is 2. The van der Waals surface area contributed by atoms with Gasteiger partial charge in [0, 0.05) is 17.6 Å². The van der Waals surface area contributed by atoms with Gasteiger partial charge in [-0.05, 0) is 51.7 Å². The molecule has 4 N–H and O–H groups in total. The maximum absolute atomic E-state index is 13.4. The largest absolute Gasteiger partial charge is 0.357 e. The number of aryl methyl sites for hydroxylation is 1. The van der Waals surface area contributed by atoms with Crippen molar-refractivity contribution in [3.8, 4) is 0 Å². The third-order valence-corrected chi connectivity index (χ3v) is 5.73. The summed E-state index contributed by atoms with van der Waals surface area (Å²) < 4.78 is 39.8. The highest BCUT2D eigenvalue weighted by atomic mass is 32.1. The van der Waals surface area contributed by atoms with Crippen LogP contribution in [0.15, 0.2) is 12.1 Å². The quantitative estimate of drug-likeness (QED) is 0.448. The third kappa shape index (κ3) is 6.56. The first-order valence-corrected chi connectivity index (χ1v) is 10.4. The van der Waals surface area contributed by atoms with E-state index in [0.717, 1.165) is 12.8 Å². The summed E-state index contributed by atoms with van der Waals surface area (Å²) >= 11 is 0. The first-order chi connectivity index (χ1) is 15.2. The Morgan fingerprint density at radius 1 is 1.03 bits per heavy atom. The van der Waals surface area contributed by atoms with E-state index in [1.165, 1.54) is 0 Å². The Labute approximate surface area is 210 Å². The lowest BCUT2D eigenvalue weighted by Gasteiger charge is -2.30. The maximum atomic E-state index is 13.4. The van der Waals surface area contributed by atoms with Crippen LogP contribution in [0.4, 0.5) is 30.6 Å². The Hall–Kier alpha value is -3.02. The van der Waals surface area contributed by atoms with Gasteiger partial charge in [-0.25, -0.2) is 18.2 Å². The van der Waals surface area contributed by atoms with Crippen LogP contribution in [-0.2, 0) is 4.79 Å². The lowest BCUT2D eigenvalue weighted by molar-refractivity contribution is -0.116. The summed E-state index contributed by atoms with van der Waals surface area (Å²) in [6.45, 7) is 3.53. The number of halogens is 3. The fourth-order valence-corrected chi connectivity index (χ4v) is 3.91. The molecular weight excluding hydrogens is 481 g/mol. The average Bonchev–Trinajstić information content (AvgIpc) is 2.74. The summed E-state index contributed by atoms with van der Waals surface area (Å²) in [4.78, 5) is 33.0. The first kappa shape index (κ1) is 30.0. The van der Waals surface area contributed by atoms with Crippen LogP contribution in [0.2, 0.25) is 0 Å². The lowest BCUT2D eigenvalue weighted by Crippen LogP contribution is -2.40. The maximum Gasteiger partial charge on any atom is 0.251 e. The SMILES string of the molecule is C.C.Cc1nc(NC2CCC(NC(=O)c3cc(F)c(F)c(F)c3)CC2)nc2c1NC(=O)[C@H](C)N2.S. The van der Waals surface area contributed by atoms with Crippen molar-refractivity contribution in [1.29, 1.82) is 0 Å². The van der Waals surface area contributed by atoms with Crippen molar-refractivity contribution in [2.45, 2.75) is 72.5 Å². The summed E-state index contributed by atoms with van der Waals surface area (Å²) in [5.41, 5.74) is 0.956. The second kappa shape index (κ2) is 12.1. The molecule has 12 heteroatoms. The summed E-state index contributed by atoms with van der Waals surface area (Å²) in [6.07, 6.45) is 2.73. The van der Waals surface area contributed by atoms with Crippen molar-refractivity contribution in [2.75, 3.05) is 16.0 Å². The van der Waals surface area contributed by atoms with Crippen molar-refractivity contribution in [1.82, 2.24) is 15.3 Å². The fraction of sp³-hybridized carbons (Fsp3) is 0.478. The molecule has 2 aromatic rings. The molecule has 1 fully saturated rings. The Morgan fingerprint density at radius 3 is 2.20 bits per heavy atom. The highest BCUT2D eigenvalue weighted by Crippen LogP contribution is 2.29. The van der Waals surface area contributed by atoms with Crippen molar-refractivity contribution >= 4 is 42.8 Å². The molecule has 2 aliphatic rings. The van der Waals surface area contributed by atoms with Gasteiger partial charge in [0.1, 0.15) is 11.7 Å². The van der Waals surface area contributed by atoms with E-state index in [4.69, 9.17) is 0 Å². The van der Waals surface area contributed by atoms with Crippen LogP contribution in [0, 0.1) is 24.4 Å². The fourth-order valence-electron chi connectivity index (χ4n) is 3.91. The number of carbonyl (C=O) groups is 2. The molecule has 194 valence electrons. The molecule has 2 amide bonds. The van der Waals surface area contributed by atoms with Gasteiger partial charge < -0.3 is 21.3 Å². The summed E-state index contributed by atoms with van der Waals surface area (Å²) in [5, 5.41) is 11.9. The molecule has 4 rings (SSSR count). The van der Waals surface area contributed by atoms with Crippen molar-refractivity contribution in [3.05, 3.63) is 40.8 Å². The zero-order valence-electron chi connectivity index (χ0n) is 18.1. The van der Waals surface area contributed by atoms with Crippen LogP contribution >= 0.6 is 13.5 Å². The molecular formula is C23H33F3N6O2S. The number of aromatic nitrogens is 2. The van der Waals surface area contributed by atoms with Gasteiger partial charge in [-0.2, -0.15) is 18.5 Å². The minimum absolute atomic E-state index is 0. The Bertz CT molecular complexity index is 1060. The monoisotopic (exact) mass is 514 g/mol. The van der Waals surface area contributed by atoms with Crippen molar-refractivity contribution < 1.29 is 22.8 Å². The molecule has 2 heterocycles. The van der Waals surface area contributed by atoms with Crippen LogP contribution in [-0.4, -0.2) is 39.9 Å². The lowest BCUT2D eigenvalue weighted by atomic mass is 9.91. The number of hydrogen-bond acceptors (Lipinski definition) is 6. The molecule has 1 aliphatic heterocycles. The summed E-state index contributed by atoms with van der Waals surface area (Å²) in [6, 6.07) is 0.895. The van der Waals surface area contributed by atoms with Crippen LogP contribution in [0.1, 0.15) is 63.5 Å². The average molecular weight is 515 g/mol. The first-order valence-electron chi connectivity index (χ1n) is 10.4. The van der Waals surface area contributed by atoms with E-state index in [9.17, 15) is 22.8 Å². The van der Waals surface area contributed by atoms with Gasteiger partial charge in [0.25, 0.3) is 5.91 Å². The number of benzene rings is 1. The van der Waals surface area contributed by atoms with Crippen LogP contribution < -0.4 is 21.3 Å². The third-order valence-electron chi connectivity index (χ3n) is 5.73. The van der Waals surface area contributed by atoms with E-state index in [-0.39, 0.29) is 51.9 Å². The molecule has 0 spiro atoms. The number of nitrogens with zero attached hydrogens (tertiary/aromatic N) is 2. The number of fused-ring (bicyclic) bond motifs is 1. The number of hydrogen-bond donors (Lipinski definition) is 4. The minimum Gasteiger partial charge on any atom is -0.357 e. The van der Waals surface area contributed by atoms with Crippen LogP contribution in [0.3, 0.4) is 0 Å². The predicted molar refractivity (Wildman–Crippen MR) is 136 cm³/mol. The van der Waals surface area contributed by atoms with E-state index in [2.05, 4.69) is 31.2 Å². The summed E-state index contributed by atoms with van der Waals surface area (Å²) in [5.74, 6) is -4.17. The molecule has 1 atom stereocenters. The molecule has 1 aromatic carbocycles. The van der Waals surface area contributed by atoms with Gasteiger partial charge in [-0.15, -0.1) is 0 Å². The van der Waals surface area contributed by atoms with E-state index < -0.39 is 29.4 Å². The number of anilines is 3. The minimum atomic E-state index is -1.60. The van der Waals surface area contributed by atoms with E-state index in [1.54, 1.807) is 13.8 Å². The second-order valence-corrected chi connectivity index (χ2v) is 8.13. The molecule has 8 nitrogen and oxygen atoms in total. The Kier molecular flexibility index (Phi) is 10.4. The zero-order chi connectivity index (χ0) is 23.0. The zero-order valence-corrected chi connectivity index (χ0v) is 19.1. The highest BCUT2D eigenvalue weighted by Gasteiger charge is 2.27. The molecule has 1 aliphatic carbocycles. The molecule has 1 aromatic heterocycles. The van der Waals surface area contributed by atoms with E-state index in [0.29, 0.717) is 48.1 Å². The van der Waals surface area contributed by atoms with Crippen LogP contribution in [0.25, 0.3) is 0 Å². The number of carbonyl (C=O) groups excluding carboxylic acids is 2. The van der Waals surface area contributed by atoms with Crippen LogP contribution in [0.5, 0.6) is 0 Å². The smallest absolute Gasteiger partial charge is 0.251 e. The molecule has 0 saturated heterocycles. The molecule has 1 saturated carbocycles. The standard InChI is InChI=1S/C21H23F3N6O2.2CH4.H2S/c1-9-17-18(25-10(2)19(31)29-17)30-21(26-9)28-13-5-3-12(4-6-13)27-20(32)11-7-14(22)16(24)15(23)8-11;;;/h7-8,10,12-13H,3-6H2,1-2H3,(H,27,32)(H,29,31)(H2,25,26,28,30);2*1H4;1H2/t10-,12?,13?;;;/m0.../s1. The van der Waals surface area contributed by atoms with Gasteiger partial charge in [0.05, 0.1) is 5.69 Å². The Balaban J connectivity index is 0.00000204. The normalized spacial score (nSPS) is 20.5. The second-order valence-electron chi connectivity index (χ2n) is 8.13. The van der Waals surface area contributed by atoms with Gasteiger partial charge >= 0.3 is 0 Å². The van der Waals surface area contributed by atoms with Crippen molar-refractivity contribution in [3.63, 3.8) is 0 Å². The number of rotatable bonds is 4. The highest BCUT2D eigenvalue weighted by molar-refractivity contribution is 7.59. The van der Waals surface area contributed by atoms with Crippen molar-refractivity contribution in [2.24, 2.45) is 0 Å². The topological polar surface area (TPSA) is 108 Å². The predicted octanol–water partition coefficient (Wildman–Crippen LogP) is 4.49. The van der Waals surface area contributed by atoms with Gasteiger partial charge in [0.15, 0.2) is 23.3 Å². The van der Waals surface area contributed by atoms with Gasteiger partial charge in [-0.1, -0.05) is 14.9 Å². The van der Waals surface area contributed by atoms with E-state index in [1.807, 2.05) is 0 Å². The Morgan fingerprint density at radius 2 is 1.60 bits per heavy atom. The molecule has 0 unspecified atom stereocenters. The molecule has 0 radical (unpaired) electrons. The number of nitrogens with one attached hydrogen (secondary N) is 4. The molecule has 0 bridgehead atoms. The van der Waals surface area contributed by atoms with Gasteiger partial charge in [-0.3, -0.25) is 9.59 Å². The van der Waals surface area contributed by atoms with E-state index >= 15 is 0 Å². The molecule has 35 heavy (non-hydrogen) atoms.